The fraction of sp³-hybridized carbons (Fsp3) is 0.600. The van der Waals surface area contributed by atoms with Crippen LogP contribution in [0.2, 0.25) is 0 Å². The van der Waals surface area contributed by atoms with Gasteiger partial charge in [0.05, 0.1) is 0 Å². The van der Waals surface area contributed by atoms with E-state index < -0.39 is 0 Å². The number of halogens is 1. The molecule has 3 rings (SSSR count). The molecule has 0 heterocycles. The zero-order valence-corrected chi connectivity index (χ0v) is 10.2. The Hall–Kier alpha value is -0.890. The van der Waals surface area contributed by atoms with Crippen LogP contribution in [0.4, 0.5) is 4.39 Å². The molecule has 2 aliphatic rings. The van der Waals surface area contributed by atoms with Crippen LogP contribution in [0.25, 0.3) is 0 Å². The van der Waals surface area contributed by atoms with Gasteiger partial charge in [-0.2, -0.15) is 0 Å². The summed E-state index contributed by atoms with van der Waals surface area (Å²) < 4.78 is 13.0. The van der Waals surface area contributed by atoms with Gasteiger partial charge in [0.1, 0.15) is 5.82 Å². The van der Waals surface area contributed by atoms with Crippen LogP contribution in [0.5, 0.6) is 0 Å². The molecule has 17 heavy (non-hydrogen) atoms. The molecule has 2 aliphatic carbocycles. The first kappa shape index (κ1) is 11.2. The maximum Gasteiger partial charge on any atom is 0.123 e. The van der Waals surface area contributed by atoms with Crippen molar-refractivity contribution in [3.63, 3.8) is 0 Å². The molecule has 1 aromatic rings. The molecule has 0 spiro atoms. The minimum absolute atomic E-state index is 0.134. The molecular formula is C15H20FN. The molecule has 0 unspecified atom stereocenters. The number of rotatable bonds is 6. The number of nitrogens with one attached hydrogen (secondary N) is 1. The quantitative estimate of drug-likeness (QED) is 0.794. The van der Waals surface area contributed by atoms with Crippen LogP contribution in [-0.4, -0.2) is 6.54 Å². The third-order valence-electron chi connectivity index (χ3n) is 4.05. The molecule has 1 N–H and O–H groups in total. The Kier molecular flexibility index (Phi) is 3.15. The molecule has 0 saturated heterocycles. The highest BCUT2D eigenvalue weighted by Gasteiger charge is 2.40. The van der Waals surface area contributed by atoms with Gasteiger partial charge in [-0.05, 0) is 67.7 Å². The second-order valence-electron chi connectivity index (χ2n) is 5.60. The summed E-state index contributed by atoms with van der Waals surface area (Å²) in [5.41, 5.74) is 1.05. The van der Waals surface area contributed by atoms with Gasteiger partial charge >= 0.3 is 0 Å². The third kappa shape index (κ3) is 3.06. The van der Waals surface area contributed by atoms with E-state index in [1.54, 1.807) is 12.1 Å². The van der Waals surface area contributed by atoms with E-state index in [1.165, 1.54) is 31.7 Å². The van der Waals surface area contributed by atoms with Crippen molar-refractivity contribution in [2.45, 2.75) is 32.2 Å². The summed E-state index contributed by atoms with van der Waals surface area (Å²) in [6.07, 6.45) is 5.73. The lowest BCUT2D eigenvalue weighted by atomic mass is 9.98. The Morgan fingerprint density at radius 3 is 2.47 bits per heavy atom. The number of benzene rings is 1. The fourth-order valence-corrected chi connectivity index (χ4v) is 2.80. The van der Waals surface area contributed by atoms with Gasteiger partial charge in [-0.1, -0.05) is 12.1 Å². The predicted octanol–water partition coefficient (Wildman–Crippen LogP) is 3.35. The van der Waals surface area contributed by atoms with Crippen molar-refractivity contribution in [3.8, 4) is 0 Å². The molecule has 1 nitrogen and oxygen atoms in total. The maximum absolute atomic E-state index is 13.0. The van der Waals surface area contributed by atoms with E-state index in [-0.39, 0.29) is 5.82 Å². The zero-order chi connectivity index (χ0) is 11.7. The fourth-order valence-electron chi connectivity index (χ4n) is 2.80. The van der Waals surface area contributed by atoms with Crippen molar-refractivity contribution < 1.29 is 4.39 Å². The average molecular weight is 233 g/mol. The standard InChI is InChI=1S/C15H20FN/c16-14-3-1-2-11(8-14)9-17-10-15(12-4-5-12)13-6-7-13/h1-3,8,12-13,15,17H,4-7,9-10H2. The topological polar surface area (TPSA) is 12.0 Å². The van der Waals surface area contributed by atoms with Gasteiger partial charge < -0.3 is 5.32 Å². The van der Waals surface area contributed by atoms with Crippen LogP contribution >= 0.6 is 0 Å². The lowest BCUT2D eigenvalue weighted by molar-refractivity contribution is 0.378. The second kappa shape index (κ2) is 4.77. The molecule has 0 amide bonds. The maximum atomic E-state index is 13.0. The van der Waals surface area contributed by atoms with E-state index in [4.69, 9.17) is 0 Å². The molecule has 2 heteroatoms. The Morgan fingerprint density at radius 1 is 1.18 bits per heavy atom. The van der Waals surface area contributed by atoms with Crippen molar-refractivity contribution in [2.75, 3.05) is 6.54 Å². The van der Waals surface area contributed by atoms with Crippen molar-refractivity contribution in [2.24, 2.45) is 17.8 Å². The highest BCUT2D eigenvalue weighted by Crippen LogP contribution is 2.48. The first-order valence-corrected chi connectivity index (χ1v) is 6.78. The Labute approximate surface area is 102 Å². The van der Waals surface area contributed by atoms with Gasteiger partial charge in [-0.25, -0.2) is 4.39 Å². The van der Waals surface area contributed by atoms with Crippen LogP contribution < -0.4 is 5.32 Å². The zero-order valence-electron chi connectivity index (χ0n) is 10.2. The van der Waals surface area contributed by atoms with Crippen molar-refractivity contribution >= 4 is 0 Å². The molecular weight excluding hydrogens is 213 g/mol. The molecule has 0 atom stereocenters. The lowest BCUT2D eigenvalue weighted by Gasteiger charge is -2.16. The van der Waals surface area contributed by atoms with Crippen LogP contribution in [-0.2, 0) is 6.54 Å². The molecule has 0 aromatic heterocycles. The first-order valence-electron chi connectivity index (χ1n) is 6.78. The van der Waals surface area contributed by atoms with E-state index >= 15 is 0 Å². The van der Waals surface area contributed by atoms with Crippen molar-refractivity contribution in [1.82, 2.24) is 5.32 Å². The van der Waals surface area contributed by atoms with Gasteiger partial charge in [0.25, 0.3) is 0 Å². The van der Waals surface area contributed by atoms with E-state index in [0.717, 1.165) is 36.4 Å². The molecule has 92 valence electrons. The average Bonchev–Trinajstić information content (AvgIpc) is 3.15. The summed E-state index contributed by atoms with van der Waals surface area (Å²) in [5, 5.41) is 3.50. The molecule has 0 radical (unpaired) electrons. The SMILES string of the molecule is Fc1cccc(CNCC(C2CC2)C2CC2)c1. The van der Waals surface area contributed by atoms with Gasteiger partial charge in [0.2, 0.25) is 0 Å². The minimum atomic E-state index is -0.134. The smallest absolute Gasteiger partial charge is 0.123 e. The van der Waals surface area contributed by atoms with Crippen LogP contribution in [0, 0.1) is 23.6 Å². The minimum Gasteiger partial charge on any atom is -0.312 e. The Bertz CT molecular complexity index is 370. The highest BCUT2D eigenvalue weighted by atomic mass is 19.1. The normalized spacial score (nSPS) is 19.9. The number of hydrogen-bond acceptors (Lipinski definition) is 1. The van der Waals surface area contributed by atoms with Gasteiger partial charge in [-0.15, -0.1) is 0 Å². The Balaban J connectivity index is 1.47. The lowest BCUT2D eigenvalue weighted by Crippen LogP contribution is -2.25. The summed E-state index contributed by atoms with van der Waals surface area (Å²) in [7, 11) is 0. The number of hydrogen-bond donors (Lipinski definition) is 1. The highest BCUT2D eigenvalue weighted by molar-refractivity contribution is 5.16. The van der Waals surface area contributed by atoms with E-state index in [9.17, 15) is 4.39 Å². The molecule has 2 saturated carbocycles. The predicted molar refractivity (Wildman–Crippen MR) is 67.0 cm³/mol. The molecule has 2 fully saturated rings. The van der Waals surface area contributed by atoms with Crippen molar-refractivity contribution in [3.05, 3.63) is 35.6 Å². The largest absolute Gasteiger partial charge is 0.312 e. The first-order chi connectivity index (χ1) is 8.33. The van der Waals surface area contributed by atoms with Gasteiger partial charge in [0.15, 0.2) is 0 Å². The Morgan fingerprint density at radius 2 is 1.88 bits per heavy atom. The summed E-state index contributed by atoms with van der Waals surface area (Å²) >= 11 is 0. The van der Waals surface area contributed by atoms with E-state index in [0.29, 0.717) is 0 Å². The molecule has 0 aliphatic heterocycles. The summed E-state index contributed by atoms with van der Waals surface area (Å²) in [6.45, 7) is 1.92. The van der Waals surface area contributed by atoms with E-state index in [1.807, 2.05) is 6.07 Å². The van der Waals surface area contributed by atoms with Crippen molar-refractivity contribution in [1.29, 1.82) is 0 Å². The second-order valence-corrected chi connectivity index (χ2v) is 5.60. The van der Waals surface area contributed by atoms with Crippen LogP contribution in [0.1, 0.15) is 31.2 Å². The van der Waals surface area contributed by atoms with Crippen LogP contribution in [0.15, 0.2) is 24.3 Å². The molecule has 1 aromatic carbocycles. The summed E-state index contributed by atoms with van der Waals surface area (Å²) in [4.78, 5) is 0. The van der Waals surface area contributed by atoms with E-state index in [2.05, 4.69) is 5.32 Å². The molecule has 0 bridgehead atoms. The summed E-state index contributed by atoms with van der Waals surface area (Å²) in [6, 6.07) is 6.89. The third-order valence-corrected chi connectivity index (χ3v) is 4.05. The van der Waals surface area contributed by atoms with Crippen LogP contribution in [0.3, 0.4) is 0 Å². The monoisotopic (exact) mass is 233 g/mol. The van der Waals surface area contributed by atoms with Gasteiger partial charge in [0, 0.05) is 6.54 Å². The van der Waals surface area contributed by atoms with Gasteiger partial charge in [-0.3, -0.25) is 0 Å². The summed E-state index contributed by atoms with van der Waals surface area (Å²) in [5.74, 6) is 2.74.